The maximum Gasteiger partial charge on any atom is 0.307 e. The zero-order chi connectivity index (χ0) is 18.9. The van der Waals surface area contributed by atoms with Crippen LogP contribution < -0.4 is 0 Å². The van der Waals surface area contributed by atoms with Gasteiger partial charge in [-0.25, -0.2) is 0 Å². The molecule has 0 radical (unpaired) electrons. The lowest BCUT2D eigenvalue weighted by molar-refractivity contribution is -0.146. The summed E-state index contributed by atoms with van der Waals surface area (Å²) in [5, 5.41) is 9.34. The number of carboxylic acids is 1. The van der Waals surface area contributed by atoms with Gasteiger partial charge in [0.25, 0.3) is 0 Å². The van der Waals surface area contributed by atoms with Crippen molar-refractivity contribution in [1.29, 1.82) is 0 Å². The summed E-state index contributed by atoms with van der Waals surface area (Å²) in [5.74, 6) is -1.39. The Hall–Kier alpha value is -1.32. The Labute approximate surface area is 154 Å². The zero-order valence-corrected chi connectivity index (χ0v) is 16.6. The highest BCUT2D eigenvalue weighted by molar-refractivity contribution is 5.82. The van der Waals surface area contributed by atoms with E-state index in [2.05, 4.69) is 19.1 Å². The highest BCUT2D eigenvalue weighted by Crippen LogP contribution is 2.17. The zero-order valence-electron chi connectivity index (χ0n) is 16.6. The molecule has 0 aliphatic heterocycles. The first-order valence-electron chi connectivity index (χ1n) is 10.2. The van der Waals surface area contributed by atoms with Crippen LogP contribution in [0.4, 0.5) is 0 Å². The van der Waals surface area contributed by atoms with Crippen molar-refractivity contribution in [2.75, 3.05) is 13.1 Å². The van der Waals surface area contributed by atoms with Gasteiger partial charge in [-0.3, -0.25) is 9.59 Å². The molecule has 0 aromatic carbocycles. The van der Waals surface area contributed by atoms with Crippen molar-refractivity contribution in [3.8, 4) is 0 Å². The second kappa shape index (κ2) is 16.2. The smallest absolute Gasteiger partial charge is 0.307 e. The molecule has 0 fully saturated rings. The summed E-state index contributed by atoms with van der Waals surface area (Å²) < 4.78 is 0. The van der Waals surface area contributed by atoms with Crippen molar-refractivity contribution in [3.05, 3.63) is 12.2 Å². The van der Waals surface area contributed by atoms with Crippen molar-refractivity contribution in [2.45, 2.75) is 91.4 Å². The van der Waals surface area contributed by atoms with Crippen LogP contribution in [0.3, 0.4) is 0 Å². The predicted molar refractivity (Wildman–Crippen MR) is 105 cm³/mol. The minimum absolute atomic E-state index is 0.0321. The molecule has 0 saturated carbocycles. The van der Waals surface area contributed by atoms with E-state index in [1.807, 2.05) is 13.8 Å². The summed E-state index contributed by atoms with van der Waals surface area (Å²) in [6.07, 6.45) is 15.8. The molecule has 4 nitrogen and oxygen atoms in total. The van der Waals surface area contributed by atoms with Crippen LogP contribution in [0, 0.1) is 5.92 Å². The van der Waals surface area contributed by atoms with Crippen LogP contribution >= 0.6 is 0 Å². The molecule has 0 heterocycles. The Kier molecular flexibility index (Phi) is 15.3. The fraction of sp³-hybridized carbons (Fsp3) is 0.810. The molecule has 1 atom stereocenters. The van der Waals surface area contributed by atoms with Gasteiger partial charge in [-0.05, 0) is 40.0 Å². The summed E-state index contributed by atoms with van der Waals surface area (Å²) in [6, 6.07) is 0. The van der Waals surface area contributed by atoms with Crippen LogP contribution in [0.25, 0.3) is 0 Å². The van der Waals surface area contributed by atoms with E-state index in [0.717, 1.165) is 12.8 Å². The molecule has 146 valence electrons. The van der Waals surface area contributed by atoms with Gasteiger partial charge in [0.05, 0.1) is 5.92 Å². The van der Waals surface area contributed by atoms with Crippen LogP contribution in [0.15, 0.2) is 12.2 Å². The number of amides is 1. The maximum absolute atomic E-state index is 12.1. The third-order valence-corrected chi connectivity index (χ3v) is 4.80. The SMILES string of the molecule is C/C=C/CCCCCCCCCCC(CC(=O)N(CC)CC)C(=O)O. The highest BCUT2D eigenvalue weighted by Gasteiger charge is 2.22. The monoisotopic (exact) mass is 353 g/mol. The van der Waals surface area contributed by atoms with E-state index in [1.54, 1.807) is 4.90 Å². The minimum atomic E-state index is -0.832. The van der Waals surface area contributed by atoms with E-state index in [0.29, 0.717) is 19.5 Å². The van der Waals surface area contributed by atoms with Crippen molar-refractivity contribution in [2.24, 2.45) is 5.92 Å². The van der Waals surface area contributed by atoms with E-state index in [9.17, 15) is 14.7 Å². The summed E-state index contributed by atoms with van der Waals surface area (Å²) in [4.78, 5) is 25.2. The Balaban J connectivity index is 3.77. The molecule has 4 heteroatoms. The second-order valence-electron chi connectivity index (χ2n) is 6.78. The third kappa shape index (κ3) is 12.7. The summed E-state index contributed by atoms with van der Waals surface area (Å²) in [5.41, 5.74) is 0. The first kappa shape index (κ1) is 23.7. The fourth-order valence-electron chi connectivity index (χ4n) is 3.11. The van der Waals surface area contributed by atoms with Crippen LogP contribution in [-0.2, 0) is 9.59 Å². The Morgan fingerprint density at radius 3 is 1.92 bits per heavy atom. The minimum Gasteiger partial charge on any atom is -0.481 e. The Morgan fingerprint density at radius 1 is 0.920 bits per heavy atom. The van der Waals surface area contributed by atoms with Crippen LogP contribution in [0.2, 0.25) is 0 Å². The number of hydrogen-bond acceptors (Lipinski definition) is 2. The summed E-state index contributed by atoms with van der Waals surface area (Å²) >= 11 is 0. The van der Waals surface area contributed by atoms with Crippen molar-refractivity contribution in [1.82, 2.24) is 4.90 Å². The number of rotatable bonds is 16. The third-order valence-electron chi connectivity index (χ3n) is 4.80. The standard InChI is InChI=1S/C21H39NO3/c1-4-7-8-9-10-11-12-13-14-15-16-17-19(21(24)25)18-20(23)22(5-2)6-3/h4,7,19H,5-6,8-18H2,1-3H3,(H,24,25)/b7-4+. The van der Waals surface area contributed by atoms with Gasteiger partial charge in [0.15, 0.2) is 0 Å². The summed E-state index contributed by atoms with van der Waals surface area (Å²) in [7, 11) is 0. The molecular formula is C21H39NO3. The molecule has 25 heavy (non-hydrogen) atoms. The van der Waals surface area contributed by atoms with Gasteiger partial charge in [-0.15, -0.1) is 0 Å². The van der Waals surface area contributed by atoms with Gasteiger partial charge >= 0.3 is 5.97 Å². The van der Waals surface area contributed by atoms with Crippen LogP contribution in [-0.4, -0.2) is 35.0 Å². The fourth-order valence-corrected chi connectivity index (χ4v) is 3.11. The molecule has 0 spiro atoms. The number of allylic oxidation sites excluding steroid dienone is 2. The molecule has 0 aliphatic carbocycles. The van der Waals surface area contributed by atoms with Crippen molar-refractivity contribution in [3.63, 3.8) is 0 Å². The van der Waals surface area contributed by atoms with Crippen molar-refractivity contribution < 1.29 is 14.7 Å². The highest BCUT2D eigenvalue weighted by atomic mass is 16.4. The topological polar surface area (TPSA) is 57.6 Å². The number of unbranched alkanes of at least 4 members (excludes halogenated alkanes) is 8. The molecule has 0 aliphatic rings. The van der Waals surface area contributed by atoms with Crippen LogP contribution in [0.1, 0.15) is 91.4 Å². The number of nitrogens with zero attached hydrogens (tertiary/aromatic N) is 1. The molecule has 0 aromatic rings. The van der Waals surface area contributed by atoms with Gasteiger partial charge in [0.2, 0.25) is 5.91 Å². The lowest BCUT2D eigenvalue weighted by Gasteiger charge is -2.21. The van der Waals surface area contributed by atoms with Gasteiger partial charge < -0.3 is 10.0 Å². The van der Waals surface area contributed by atoms with E-state index in [-0.39, 0.29) is 12.3 Å². The van der Waals surface area contributed by atoms with E-state index < -0.39 is 11.9 Å². The second-order valence-corrected chi connectivity index (χ2v) is 6.78. The maximum atomic E-state index is 12.1. The molecule has 0 aromatic heterocycles. The first-order valence-corrected chi connectivity index (χ1v) is 10.2. The lowest BCUT2D eigenvalue weighted by Crippen LogP contribution is -2.33. The molecule has 0 rings (SSSR count). The quantitative estimate of drug-likeness (QED) is 0.297. The Bertz CT molecular complexity index is 375. The van der Waals surface area contributed by atoms with Crippen LogP contribution in [0.5, 0.6) is 0 Å². The lowest BCUT2D eigenvalue weighted by atomic mass is 9.96. The molecule has 1 unspecified atom stereocenters. The normalized spacial score (nSPS) is 12.4. The molecular weight excluding hydrogens is 314 g/mol. The summed E-state index contributed by atoms with van der Waals surface area (Å²) in [6.45, 7) is 7.22. The van der Waals surface area contributed by atoms with E-state index in [1.165, 1.54) is 44.9 Å². The predicted octanol–water partition coefficient (Wildman–Crippen LogP) is 5.42. The largest absolute Gasteiger partial charge is 0.481 e. The number of hydrogen-bond donors (Lipinski definition) is 1. The van der Waals surface area contributed by atoms with E-state index >= 15 is 0 Å². The molecule has 1 amide bonds. The number of carbonyl (C=O) groups excluding carboxylic acids is 1. The number of carboxylic acid groups (broad SMARTS) is 1. The average molecular weight is 354 g/mol. The molecule has 1 N–H and O–H groups in total. The Morgan fingerprint density at radius 2 is 1.44 bits per heavy atom. The van der Waals surface area contributed by atoms with Gasteiger partial charge in [0, 0.05) is 19.5 Å². The van der Waals surface area contributed by atoms with E-state index in [4.69, 9.17) is 0 Å². The van der Waals surface area contributed by atoms with Gasteiger partial charge in [-0.1, -0.05) is 57.1 Å². The first-order chi connectivity index (χ1) is 12.1. The van der Waals surface area contributed by atoms with Crippen molar-refractivity contribution >= 4 is 11.9 Å². The molecule has 0 saturated heterocycles. The van der Waals surface area contributed by atoms with Gasteiger partial charge in [-0.2, -0.15) is 0 Å². The number of carbonyl (C=O) groups is 2. The average Bonchev–Trinajstić information content (AvgIpc) is 2.59. The molecule has 0 bridgehead atoms. The number of aliphatic carboxylic acids is 1. The van der Waals surface area contributed by atoms with Gasteiger partial charge in [0.1, 0.15) is 0 Å².